The average molecular weight is 295 g/mol. The van der Waals surface area contributed by atoms with Crippen molar-refractivity contribution < 1.29 is 5.11 Å². The molecule has 1 aliphatic rings. The Morgan fingerprint density at radius 2 is 2.33 bits per heavy atom. The highest BCUT2D eigenvalue weighted by molar-refractivity contribution is 7.19. The van der Waals surface area contributed by atoms with Gasteiger partial charge in [0.25, 0.3) is 0 Å². The summed E-state index contributed by atoms with van der Waals surface area (Å²) in [4.78, 5) is 4.44. The summed E-state index contributed by atoms with van der Waals surface area (Å²) in [6.07, 6.45) is 9.04. The van der Waals surface area contributed by atoms with Crippen LogP contribution < -0.4 is 11.1 Å². The molecule has 21 heavy (non-hydrogen) atoms. The molecule has 104 valence electrons. The molecule has 0 saturated carbocycles. The Kier molecular flexibility index (Phi) is 3.73. The van der Waals surface area contributed by atoms with Crippen LogP contribution in [-0.2, 0) is 0 Å². The number of hydrogen-bond donors (Lipinski definition) is 3. The van der Waals surface area contributed by atoms with E-state index in [9.17, 15) is 5.11 Å². The van der Waals surface area contributed by atoms with Gasteiger partial charge >= 0.3 is 0 Å². The van der Waals surface area contributed by atoms with Gasteiger partial charge < -0.3 is 16.2 Å². The lowest BCUT2D eigenvalue weighted by Crippen LogP contribution is -2.33. The van der Waals surface area contributed by atoms with Gasteiger partial charge in [0.1, 0.15) is 10.8 Å². The number of nitrogens with two attached hydrogens (primary N) is 1. The maximum atomic E-state index is 9.43. The summed E-state index contributed by atoms with van der Waals surface area (Å²) in [5.41, 5.74) is 7.41. The van der Waals surface area contributed by atoms with Gasteiger partial charge in [-0.25, -0.2) is 4.98 Å². The van der Waals surface area contributed by atoms with Crippen molar-refractivity contribution in [2.45, 2.75) is 6.17 Å². The van der Waals surface area contributed by atoms with E-state index in [1.165, 1.54) is 11.3 Å². The van der Waals surface area contributed by atoms with Crippen LogP contribution >= 0.6 is 11.3 Å². The molecule has 0 saturated heterocycles. The standard InChI is InChI=1S/C16H13N3OS/c17-15-8-5-11(10-18-15)3-1-2-4-16-19-13-7-6-12(20)9-14(13)21-16/h2,4-10,15,18,20H,17H2/b4-2+. The third kappa shape index (κ3) is 3.31. The summed E-state index contributed by atoms with van der Waals surface area (Å²) < 4.78 is 0.957. The van der Waals surface area contributed by atoms with E-state index in [-0.39, 0.29) is 11.9 Å². The van der Waals surface area contributed by atoms with Crippen molar-refractivity contribution in [3.63, 3.8) is 0 Å². The third-order valence-corrected chi connectivity index (χ3v) is 3.81. The number of nitrogens with one attached hydrogen (secondary N) is 1. The first kappa shape index (κ1) is 13.4. The molecule has 2 heterocycles. The van der Waals surface area contributed by atoms with Crippen LogP contribution in [0.4, 0.5) is 0 Å². The lowest BCUT2D eigenvalue weighted by molar-refractivity contribution is 0.476. The van der Waals surface area contributed by atoms with Crippen LogP contribution in [0.2, 0.25) is 0 Å². The third-order valence-electron chi connectivity index (χ3n) is 2.83. The summed E-state index contributed by atoms with van der Waals surface area (Å²) >= 11 is 1.51. The molecule has 0 bridgehead atoms. The number of benzene rings is 1. The van der Waals surface area contributed by atoms with Gasteiger partial charge in [-0.3, -0.25) is 0 Å². The Bertz CT molecular complexity index is 821. The zero-order valence-electron chi connectivity index (χ0n) is 11.1. The summed E-state index contributed by atoms with van der Waals surface area (Å²) in [6.45, 7) is 0. The van der Waals surface area contributed by atoms with Crippen LogP contribution in [0.15, 0.2) is 48.2 Å². The number of dihydropyridines is 1. The maximum Gasteiger partial charge on any atom is 0.117 e. The molecule has 1 aromatic carbocycles. The van der Waals surface area contributed by atoms with Gasteiger partial charge in [0.05, 0.1) is 16.4 Å². The number of thiazole rings is 1. The maximum absolute atomic E-state index is 9.43. The zero-order valence-corrected chi connectivity index (χ0v) is 11.9. The van der Waals surface area contributed by atoms with Gasteiger partial charge in [0.15, 0.2) is 0 Å². The molecular weight excluding hydrogens is 282 g/mol. The van der Waals surface area contributed by atoms with Crippen molar-refractivity contribution in [3.05, 3.63) is 53.2 Å². The van der Waals surface area contributed by atoms with Crippen LogP contribution in [0.25, 0.3) is 16.3 Å². The number of hydrogen-bond acceptors (Lipinski definition) is 5. The number of rotatable bonds is 1. The van der Waals surface area contributed by atoms with Gasteiger partial charge in [0, 0.05) is 11.8 Å². The van der Waals surface area contributed by atoms with Crippen LogP contribution in [0.3, 0.4) is 0 Å². The van der Waals surface area contributed by atoms with E-state index in [0.29, 0.717) is 0 Å². The number of nitrogens with zero attached hydrogens (tertiary/aromatic N) is 1. The summed E-state index contributed by atoms with van der Waals surface area (Å²) in [5, 5.41) is 13.3. The highest BCUT2D eigenvalue weighted by atomic mass is 32.1. The van der Waals surface area contributed by atoms with Crippen molar-refractivity contribution >= 4 is 27.6 Å². The molecule has 0 amide bonds. The smallest absolute Gasteiger partial charge is 0.117 e. The molecule has 4 nitrogen and oxygen atoms in total. The first-order valence-corrected chi connectivity index (χ1v) is 7.20. The summed E-state index contributed by atoms with van der Waals surface area (Å²) in [7, 11) is 0. The van der Waals surface area contributed by atoms with Gasteiger partial charge in [-0.05, 0) is 42.5 Å². The Morgan fingerprint density at radius 1 is 1.43 bits per heavy atom. The molecule has 0 fully saturated rings. The molecule has 1 unspecified atom stereocenters. The van der Waals surface area contributed by atoms with Gasteiger partial charge in [-0.1, -0.05) is 11.8 Å². The van der Waals surface area contributed by atoms with Crippen molar-refractivity contribution in [1.29, 1.82) is 0 Å². The fourth-order valence-corrected chi connectivity index (χ4v) is 2.72. The van der Waals surface area contributed by atoms with E-state index in [1.54, 1.807) is 30.5 Å². The number of aromatic nitrogens is 1. The van der Waals surface area contributed by atoms with E-state index in [0.717, 1.165) is 20.8 Å². The molecule has 4 N–H and O–H groups in total. The molecule has 5 heteroatoms. The SMILES string of the molecule is NC1C=CC(C#C/C=C/c2nc3ccc(O)cc3s2)=CN1. The Labute approximate surface area is 126 Å². The lowest BCUT2D eigenvalue weighted by atomic mass is 10.2. The Balaban J connectivity index is 1.72. The predicted molar refractivity (Wildman–Crippen MR) is 86.4 cm³/mol. The molecule has 1 aliphatic heterocycles. The fraction of sp³-hybridized carbons (Fsp3) is 0.0625. The van der Waals surface area contributed by atoms with E-state index in [1.807, 2.05) is 18.2 Å². The average Bonchev–Trinajstić information content (AvgIpc) is 2.87. The lowest BCUT2D eigenvalue weighted by Gasteiger charge is -2.10. The Hall–Kier alpha value is -2.55. The van der Waals surface area contributed by atoms with Crippen molar-refractivity contribution in [2.75, 3.05) is 0 Å². The number of phenols is 1. The molecule has 1 aromatic heterocycles. The molecule has 0 radical (unpaired) electrons. The molecule has 1 atom stereocenters. The molecular formula is C16H13N3OS. The van der Waals surface area contributed by atoms with Crippen LogP contribution in [0.1, 0.15) is 5.01 Å². The van der Waals surface area contributed by atoms with Crippen LogP contribution in [0, 0.1) is 11.8 Å². The van der Waals surface area contributed by atoms with E-state index in [2.05, 4.69) is 22.1 Å². The number of allylic oxidation sites excluding steroid dienone is 3. The normalized spacial score (nSPS) is 17.4. The summed E-state index contributed by atoms with van der Waals surface area (Å²) in [6, 6.07) is 5.15. The second-order valence-electron chi connectivity index (χ2n) is 4.46. The molecule has 3 rings (SSSR count). The molecule has 0 aliphatic carbocycles. The molecule has 2 aromatic rings. The van der Waals surface area contributed by atoms with Gasteiger partial charge in [-0.2, -0.15) is 0 Å². The highest BCUT2D eigenvalue weighted by Gasteiger charge is 2.01. The number of phenolic OH excluding ortho intramolecular Hbond substituents is 1. The monoisotopic (exact) mass is 295 g/mol. The van der Waals surface area contributed by atoms with Gasteiger partial charge in [-0.15, -0.1) is 11.3 Å². The van der Waals surface area contributed by atoms with Crippen molar-refractivity contribution in [3.8, 4) is 17.6 Å². The van der Waals surface area contributed by atoms with Crippen LogP contribution in [0.5, 0.6) is 5.75 Å². The largest absolute Gasteiger partial charge is 0.508 e. The van der Waals surface area contributed by atoms with E-state index < -0.39 is 0 Å². The summed E-state index contributed by atoms with van der Waals surface area (Å²) in [5.74, 6) is 6.23. The first-order chi connectivity index (χ1) is 10.2. The minimum atomic E-state index is -0.134. The minimum Gasteiger partial charge on any atom is -0.508 e. The topological polar surface area (TPSA) is 71.2 Å². The van der Waals surface area contributed by atoms with E-state index in [4.69, 9.17) is 5.73 Å². The molecule has 0 spiro atoms. The first-order valence-electron chi connectivity index (χ1n) is 6.38. The highest BCUT2D eigenvalue weighted by Crippen LogP contribution is 2.26. The number of aromatic hydroxyl groups is 1. The second-order valence-corrected chi connectivity index (χ2v) is 5.52. The van der Waals surface area contributed by atoms with Crippen LogP contribution in [-0.4, -0.2) is 16.3 Å². The minimum absolute atomic E-state index is 0.134. The quantitative estimate of drug-likeness (QED) is 0.706. The number of fused-ring (bicyclic) bond motifs is 1. The van der Waals surface area contributed by atoms with Crippen molar-refractivity contribution in [1.82, 2.24) is 10.3 Å². The van der Waals surface area contributed by atoms with E-state index >= 15 is 0 Å². The van der Waals surface area contributed by atoms with Gasteiger partial charge in [0.2, 0.25) is 0 Å². The fourth-order valence-electron chi connectivity index (χ4n) is 1.82. The van der Waals surface area contributed by atoms with Crippen molar-refractivity contribution in [2.24, 2.45) is 5.73 Å². The Morgan fingerprint density at radius 3 is 3.14 bits per heavy atom. The second kappa shape index (κ2) is 5.83. The predicted octanol–water partition coefficient (Wildman–Crippen LogP) is 2.35. The zero-order chi connectivity index (χ0) is 14.7.